The monoisotopic (exact) mass is 506 g/mol. The number of aryl methyl sites for hydroxylation is 2. The summed E-state index contributed by atoms with van der Waals surface area (Å²) >= 11 is 0. The van der Waals surface area contributed by atoms with Crippen molar-refractivity contribution in [1.29, 1.82) is 5.26 Å². The second-order valence-electron chi connectivity index (χ2n) is 10.8. The summed E-state index contributed by atoms with van der Waals surface area (Å²) in [4.78, 5) is 20.4. The Kier molecular flexibility index (Phi) is 7.98. The third-order valence-corrected chi connectivity index (χ3v) is 8.32. The van der Waals surface area contributed by atoms with E-state index in [0.717, 1.165) is 49.4 Å². The van der Waals surface area contributed by atoms with Crippen molar-refractivity contribution in [3.05, 3.63) is 94.5 Å². The van der Waals surface area contributed by atoms with Gasteiger partial charge in [-0.05, 0) is 92.5 Å². The van der Waals surface area contributed by atoms with Crippen molar-refractivity contribution in [2.75, 3.05) is 49.1 Å². The second-order valence-corrected chi connectivity index (χ2v) is 10.8. The summed E-state index contributed by atoms with van der Waals surface area (Å²) < 4.78 is 0. The fourth-order valence-corrected chi connectivity index (χ4v) is 6.09. The van der Waals surface area contributed by atoms with Crippen molar-refractivity contribution in [3.8, 4) is 6.07 Å². The number of hydrogen-bond acceptors (Lipinski definition) is 4. The number of anilines is 2. The molecule has 0 radical (unpaired) electrons. The van der Waals surface area contributed by atoms with Crippen LogP contribution in [0.15, 0.2) is 66.7 Å². The van der Waals surface area contributed by atoms with Crippen molar-refractivity contribution in [2.24, 2.45) is 5.92 Å². The van der Waals surface area contributed by atoms with Gasteiger partial charge in [0, 0.05) is 50.5 Å². The normalized spacial score (nSPS) is 18.1. The molecule has 0 N–H and O–H groups in total. The van der Waals surface area contributed by atoms with Gasteiger partial charge in [0.15, 0.2) is 0 Å². The van der Waals surface area contributed by atoms with Crippen LogP contribution in [0.3, 0.4) is 0 Å². The number of carbonyl (C=O) groups excluding carboxylic acids is 1. The van der Waals surface area contributed by atoms with E-state index in [2.05, 4.69) is 72.2 Å². The van der Waals surface area contributed by atoms with Crippen molar-refractivity contribution < 1.29 is 4.79 Å². The molecule has 5 nitrogen and oxygen atoms in total. The summed E-state index contributed by atoms with van der Waals surface area (Å²) in [5.41, 5.74) is 7.49. The predicted octanol–water partition coefficient (Wildman–Crippen LogP) is 5.99. The Balaban J connectivity index is 1.24. The first-order chi connectivity index (χ1) is 18.5. The van der Waals surface area contributed by atoms with Crippen molar-refractivity contribution in [2.45, 2.75) is 39.5 Å². The first-order valence-corrected chi connectivity index (χ1v) is 14.0. The van der Waals surface area contributed by atoms with Crippen LogP contribution in [-0.4, -0.2) is 50.1 Å². The molecule has 0 aliphatic carbocycles. The number of nitriles is 1. The lowest BCUT2D eigenvalue weighted by molar-refractivity contribution is 0.0746. The lowest BCUT2D eigenvalue weighted by Crippen LogP contribution is -2.49. The molecule has 1 atom stereocenters. The maximum atomic E-state index is 13.6. The molecule has 0 spiro atoms. The Bertz CT molecular complexity index is 1300. The van der Waals surface area contributed by atoms with Gasteiger partial charge in [0.05, 0.1) is 11.3 Å². The highest BCUT2D eigenvalue weighted by atomic mass is 16.2. The Morgan fingerprint density at radius 3 is 2.34 bits per heavy atom. The molecule has 2 aliphatic heterocycles. The zero-order valence-electron chi connectivity index (χ0n) is 22.7. The van der Waals surface area contributed by atoms with Gasteiger partial charge in [-0.15, -0.1) is 0 Å². The molecular weight excluding hydrogens is 468 g/mol. The highest BCUT2D eigenvalue weighted by Crippen LogP contribution is 2.28. The number of benzene rings is 3. The molecule has 2 saturated heterocycles. The SMILES string of the molecule is Cc1cc(C)c(C(=O)N2CCN(c3ccccc3C#N)CC2)cc1CC1CCCN(c2ccccc2)CC1. The van der Waals surface area contributed by atoms with E-state index in [9.17, 15) is 10.1 Å². The van der Waals surface area contributed by atoms with E-state index in [0.29, 0.717) is 24.6 Å². The molecule has 0 aromatic heterocycles. The minimum absolute atomic E-state index is 0.132. The molecule has 0 saturated carbocycles. The van der Waals surface area contributed by atoms with Gasteiger partial charge in [0.2, 0.25) is 0 Å². The number of rotatable bonds is 5. The van der Waals surface area contributed by atoms with Crippen LogP contribution in [0, 0.1) is 31.1 Å². The molecular formula is C33H38N4O. The third-order valence-electron chi connectivity index (χ3n) is 8.32. The van der Waals surface area contributed by atoms with Crippen LogP contribution in [0.4, 0.5) is 11.4 Å². The van der Waals surface area contributed by atoms with Crippen molar-refractivity contribution in [1.82, 2.24) is 4.90 Å². The van der Waals surface area contributed by atoms with Crippen LogP contribution in [0.1, 0.15) is 51.9 Å². The molecule has 2 aliphatic rings. The highest BCUT2D eigenvalue weighted by molar-refractivity contribution is 5.96. The summed E-state index contributed by atoms with van der Waals surface area (Å²) in [6.45, 7) is 9.26. The van der Waals surface area contributed by atoms with E-state index in [1.165, 1.54) is 36.1 Å². The minimum atomic E-state index is 0.132. The molecule has 2 heterocycles. The fraction of sp³-hybridized carbons (Fsp3) is 0.394. The van der Waals surface area contributed by atoms with Gasteiger partial charge in [0.25, 0.3) is 5.91 Å². The van der Waals surface area contributed by atoms with Gasteiger partial charge in [-0.1, -0.05) is 36.4 Å². The van der Waals surface area contributed by atoms with E-state index >= 15 is 0 Å². The third kappa shape index (κ3) is 5.70. The smallest absolute Gasteiger partial charge is 0.254 e. The molecule has 2 fully saturated rings. The van der Waals surface area contributed by atoms with Gasteiger partial charge in [-0.2, -0.15) is 5.26 Å². The predicted molar refractivity (Wildman–Crippen MR) is 155 cm³/mol. The summed E-state index contributed by atoms with van der Waals surface area (Å²) in [6, 6.07) is 25.2. The Labute approximate surface area is 227 Å². The molecule has 196 valence electrons. The lowest BCUT2D eigenvalue weighted by Gasteiger charge is -2.36. The number of para-hydroxylation sites is 2. The van der Waals surface area contributed by atoms with Crippen molar-refractivity contribution in [3.63, 3.8) is 0 Å². The first-order valence-electron chi connectivity index (χ1n) is 14.0. The van der Waals surface area contributed by atoms with E-state index in [-0.39, 0.29) is 5.91 Å². The van der Waals surface area contributed by atoms with Crippen LogP contribution < -0.4 is 9.80 Å². The number of amides is 1. The number of nitrogens with zero attached hydrogens (tertiary/aromatic N) is 4. The van der Waals surface area contributed by atoms with Crippen molar-refractivity contribution >= 4 is 17.3 Å². The summed E-state index contributed by atoms with van der Waals surface area (Å²) in [5.74, 6) is 0.768. The standard InChI is InChI=1S/C33H38N4O/c1-25-21-26(2)31(33(38)37-19-17-36(18-20-37)32-13-7-6-10-28(32)24-34)23-29(25)22-27-9-8-15-35(16-14-27)30-11-4-3-5-12-30/h3-7,10-13,21,23,27H,8-9,14-20,22H2,1-2H3. The zero-order valence-corrected chi connectivity index (χ0v) is 22.7. The largest absolute Gasteiger partial charge is 0.372 e. The van der Waals surface area contributed by atoms with Crippen LogP contribution >= 0.6 is 0 Å². The van der Waals surface area contributed by atoms with E-state index in [1.807, 2.05) is 29.2 Å². The van der Waals surface area contributed by atoms with Gasteiger partial charge in [-0.25, -0.2) is 0 Å². The topological polar surface area (TPSA) is 50.6 Å². The number of hydrogen-bond donors (Lipinski definition) is 0. The summed E-state index contributed by atoms with van der Waals surface area (Å²) in [5, 5.41) is 9.47. The average Bonchev–Trinajstić information content (AvgIpc) is 3.20. The molecule has 5 heteroatoms. The molecule has 3 aromatic carbocycles. The van der Waals surface area contributed by atoms with Crippen LogP contribution in [0.5, 0.6) is 0 Å². The second kappa shape index (κ2) is 11.7. The fourth-order valence-electron chi connectivity index (χ4n) is 6.09. The molecule has 3 aromatic rings. The first kappa shape index (κ1) is 25.9. The van der Waals surface area contributed by atoms with E-state index in [4.69, 9.17) is 0 Å². The molecule has 1 amide bonds. The number of piperazine rings is 1. The molecule has 5 rings (SSSR count). The lowest BCUT2D eigenvalue weighted by atomic mass is 9.88. The Morgan fingerprint density at radius 2 is 1.58 bits per heavy atom. The van der Waals surface area contributed by atoms with Crippen LogP contribution in [-0.2, 0) is 6.42 Å². The van der Waals surface area contributed by atoms with Gasteiger partial charge in [-0.3, -0.25) is 4.79 Å². The maximum absolute atomic E-state index is 13.6. The van der Waals surface area contributed by atoms with Crippen LogP contribution in [0.2, 0.25) is 0 Å². The maximum Gasteiger partial charge on any atom is 0.254 e. The van der Waals surface area contributed by atoms with Crippen LogP contribution in [0.25, 0.3) is 0 Å². The Morgan fingerprint density at radius 1 is 0.842 bits per heavy atom. The number of carbonyl (C=O) groups is 1. The Hall–Kier alpha value is -3.78. The van der Waals surface area contributed by atoms with E-state index in [1.54, 1.807) is 0 Å². The van der Waals surface area contributed by atoms with Gasteiger partial charge < -0.3 is 14.7 Å². The highest BCUT2D eigenvalue weighted by Gasteiger charge is 2.26. The zero-order chi connectivity index (χ0) is 26.5. The van der Waals surface area contributed by atoms with E-state index < -0.39 is 0 Å². The van der Waals surface area contributed by atoms with Gasteiger partial charge in [0.1, 0.15) is 6.07 Å². The molecule has 0 bridgehead atoms. The average molecular weight is 507 g/mol. The van der Waals surface area contributed by atoms with Gasteiger partial charge >= 0.3 is 0 Å². The molecule has 38 heavy (non-hydrogen) atoms. The molecule has 1 unspecified atom stereocenters. The quantitative estimate of drug-likeness (QED) is 0.427. The minimum Gasteiger partial charge on any atom is -0.372 e. The summed E-state index contributed by atoms with van der Waals surface area (Å²) in [6.07, 6.45) is 4.65. The summed E-state index contributed by atoms with van der Waals surface area (Å²) in [7, 11) is 0.